The van der Waals surface area contributed by atoms with Crippen molar-refractivity contribution in [2.24, 2.45) is 4.99 Å². The van der Waals surface area contributed by atoms with E-state index in [4.69, 9.17) is 9.47 Å². The van der Waals surface area contributed by atoms with Crippen LogP contribution >= 0.6 is 0 Å². The molecule has 0 radical (unpaired) electrons. The first-order valence-electron chi connectivity index (χ1n) is 6.41. The number of carbonyl (C=O) groups is 1. The first-order valence-corrected chi connectivity index (χ1v) is 6.41. The highest BCUT2D eigenvalue weighted by molar-refractivity contribution is 6.17. The summed E-state index contributed by atoms with van der Waals surface area (Å²) >= 11 is 0. The average molecular weight is 267 g/mol. The molecule has 2 aromatic carbocycles. The van der Waals surface area contributed by atoms with E-state index in [2.05, 4.69) is 4.99 Å². The molecule has 0 saturated heterocycles. The monoisotopic (exact) mass is 267 g/mol. The Morgan fingerprint density at radius 1 is 1.05 bits per heavy atom. The van der Waals surface area contributed by atoms with E-state index in [0.717, 1.165) is 0 Å². The highest BCUT2D eigenvalue weighted by Crippen LogP contribution is 2.30. The van der Waals surface area contributed by atoms with E-state index in [1.54, 1.807) is 12.1 Å². The standard InChI is InChI=1S/C16H13NO3/c1-2-19-14-10-6-5-9-13(14)17-15-11-7-3-4-8-12(11)16(18)20-15/h3-10H,2H2,1H3. The lowest BCUT2D eigenvalue weighted by atomic mass is 10.1. The molecule has 0 amide bonds. The Bertz CT molecular complexity index is 692. The summed E-state index contributed by atoms with van der Waals surface area (Å²) in [6.45, 7) is 2.47. The number of carbonyl (C=O) groups excluding carboxylic acids is 1. The highest BCUT2D eigenvalue weighted by atomic mass is 16.5. The summed E-state index contributed by atoms with van der Waals surface area (Å²) < 4.78 is 10.7. The van der Waals surface area contributed by atoms with E-state index in [9.17, 15) is 4.79 Å². The lowest BCUT2D eigenvalue weighted by molar-refractivity contribution is 0.0737. The molecule has 100 valence electrons. The lowest BCUT2D eigenvalue weighted by Crippen LogP contribution is -2.00. The molecule has 2 aromatic rings. The van der Waals surface area contributed by atoms with Gasteiger partial charge in [-0.05, 0) is 31.2 Å². The van der Waals surface area contributed by atoms with E-state index in [1.807, 2.05) is 43.3 Å². The quantitative estimate of drug-likeness (QED) is 0.801. The summed E-state index contributed by atoms with van der Waals surface area (Å²) in [5, 5.41) is 0. The molecule has 0 aliphatic carbocycles. The molecule has 0 fully saturated rings. The highest BCUT2D eigenvalue weighted by Gasteiger charge is 2.27. The molecule has 1 aliphatic rings. The molecule has 0 atom stereocenters. The van der Waals surface area contributed by atoms with Crippen molar-refractivity contribution in [3.05, 3.63) is 59.7 Å². The number of esters is 1. The van der Waals surface area contributed by atoms with Gasteiger partial charge in [-0.3, -0.25) is 0 Å². The van der Waals surface area contributed by atoms with Crippen LogP contribution in [-0.2, 0) is 4.74 Å². The fourth-order valence-electron chi connectivity index (χ4n) is 2.06. The van der Waals surface area contributed by atoms with Crippen molar-refractivity contribution in [2.75, 3.05) is 6.61 Å². The number of para-hydroxylation sites is 2. The summed E-state index contributed by atoms with van der Waals surface area (Å²) in [7, 11) is 0. The maximum absolute atomic E-state index is 11.7. The van der Waals surface area contributed by atoms with Crippen LogP contribution < -0.4 is 4.74 Å². The topological polar surface area (TPSA) is 47.9 Å². The van der Waals surface area contributed by atoms with Crippen LogP contribution in [0, 0.1) is 0 Å². The van der Waals surface area contributed by atoms with Crippen molar-refractivity contribution >= 4 is 17.6 Å². The molecule has 0 aromatic heterocycles. The maximum Gasteiger partial charge on any atom is 0.345 e. The molecule has 1 heterocycles. The normalized spacial score (nSPS) is 15.1. The largest absolute Gasteiger partial charge is 0.492 e. The predicted octanol–water partition coefficient (Wildman–Crippen LogP) is 3.33. The fourth-order valence-corrected chi connectivity index (χ4v) is 2.06. The smallest absolute Gasteiger partial charge is 0.345 e. The predicted molar refractivity (Wildman–Crippen MR) is 75.7 cm³/mol. The van der Waals surface area contributed by atoms with Crippen molar-refractivity contribution in [3.8, 4) is 5.75 Å². The van der Waals surface area contributed by atoms with Gasteiger partial charge in [-0.1, -0.05) is 24.3 Å². The molecular weight excluding hydrogens is 254 g/mol. The van der Waals surface area contributed by atoms with E-state index >= 15 is 0 Å². The molecule has 1 aliphatic heterocycles. The summed E-state index contributed by atoms with van der Waals surface area (Å²) in [6, 6.07) is 14.6. The molecule has 0 saturated carbocycles. The van der Waals surface area contributed by atoms with Crippen molar-refractivity contribution in [3.63, 3.8) is 0 Å². The van der Waals surface area contributed by atoms with Gasteiger partial charge >= 0.3 is 5.97 Å². The molecule has 0 unspecified atom stereocenters. The minimum atomic E-state index is -0.367. The second-order valence-corrected chi connectivity index (χ2v) is 4.25. The summed E-state index contributed by atoms with van der Waals surface area (Å²) in [5.41, 5.74) is 1.90. The molecule has 0 spiro atoms. The van der Waals surface area contributed by atoms with Crippen LogP contribution in [0.2, 0.25) is 0 Å². The van der Waals surface area contributed by atoms with Gasteiger partial charge in [0.15, 0.2) is 0 Å². The number of rotatable bonds is 3. The number of nitrogens with zero attached hydrogens (tertiary/aromatic N) is 1. The van der Waals surface area contributed by atoms with Crippen molar-refractivity contribution in [1.29, 1.82) is 0 Å². The van der Waals surface area contributed by atoms with Crippen LogP contribution in [0.1, 0.15) is 22.8 Å². The van der Waals surface area contributed by atoms with E-state index in [1.165, 1.54) is 0 Å². The number of benzene rings is 2. The Kier molecular flexibility index (Phi) is 3.21. The molecule has 0 bridgehead atoms. The van der Waals surface area contributed by atoms with Gasteiger partial charge in [-0.15, -0.1) is 0 Å². The van der Waals surface area contributed by atoms with Crippen molar-refractivity contribution < 1.29 is 14.3 Å². The first-order chi connectivity index (χ1) is 9.79. The number of aliphatic imine (C=N–C) groups is 1. The summed E-state index contributed by atoms with van der Waals surface area (Å²) in [6.07, 6.45) is 0. The second-order valence-electron chi connectivity index (χ2n) is 4.25. The van der Waals surface area contributed by atoms with Gasteiger partial charge in [-0.2, -0.15) is 0 Å². The minimum Gasteiger partial charge on any atom is -0.492 e. The molecular formula is C16H13NO3. The van der Waals surface area contributed by atoms with Gasteiger partial charge in [0.05, 0.1) is 17.7 Å². The van der Waals surface area contributed by atoms with Gasteiger partial charge in [0.2, 0.25) is 5.90 Å². The van der Waals surface area contributed by atoms with Gasteiger partial charge in [0.25, 0.3) is 0 Å². The Labute approximate surface area is 116 Å². The molecule has 4 heteroatoms. The molecule has 3 rings (SSSR count). The zero-order valence-corrected chi connectivity index (χ0v) is 11.0. The first kappa shape index (κ1) is 12.4. The van der Waals surface area contributed by atoms with Crippen LogP contribution in [0.15, 0.2) is 53.5 Å². The van der Waals surface area contributed by atoms with Gasteiger partial charge < -0.3 is 9.47 Å². The Hall–Kier alpha value is -2.62. The third-order valence-electron chi connectivity index (χ3n) is 2.95. The zero-order valence-electron chi connectivity index (χ0n) is 11.0. The van der Waals surface area contributed by atoms with E-state index in [0.29, 0.717) is 35.1 Å². The second kappa shape index (κ2) is 5.17. The molecule has 20 heavy (non-hydrogen) atoms. The van der Waals surface area contributed by atoms with Crippen LogP contribution in [0.3, 0.4) is 0 Å². The Morgan fingerprint density at radius 3 is 2.55 bits per heavy atom. The third kappa shape index (κ3) is 2.16. The fraction of sp³-hybridized carbons (Fsp3) is 0.125. The third-order valence-corrected chi connectivity index (χ3v) is 2.95. The summed E-state index contributed by atoms with van der Waals surface area (Å²) in [5.74, 6) is 0.619. The van der Waals surface area contributed by atoms with Crippen molar-refractivity contribution in [2.45, 2.75) is 6.92 Å². The number of hydrogen-bond acceptors (Lipinski definition) is 4. The van der Waals surface area contributed by atoms with Crippen molar-refractivity contribution in [1.82, 2.24) is 0 Å². The minimum absolute atomic E-state index is 0.317. The number of cyclic esters (lactones) is 1. The van der Waals surface area contributed by atoms with Gasteiger partial charge in [0.1, 0.15) is 11.4 Å². The lowest BCUT2D eigenvalue weighted by Gasteiger charge is -2.06. The van der Waals surface area contributed by atoms with Gasteiger partial charge in [0, 0.05) is 0 Å². The maximum atomic E-state index is 11.7. The van der Waals surface area contributed by atoms with Gasteiger partial charge in [-0.25, -0.2) is 9.79 Å². The number of ether oxygens (including phenoxy) is 2. The Balaban J connectivity index is 2.05. The number of fused-ring (bicyclic) bond motifs is 1. The molecule has 0 N–H and O–H groups in total. The zero-order chi connectivity index (χ0) is 13.9. The molecule has 4 nitrogen and oxygen atoms in total. The van der Waals surface area contributed by atoms with E-state index in [-0.39, 0.29) is 5.97 Å². The SMILES string of the molecule is CCOc1ccccc1N=C1OC(=O)c2ccccc21. The summed E-state index contributed by atoms with van der Waals surface area (Å²) in [4.78, 5) is 16.2. The average Bonchev–Trinajstić information content (AvgIpc) is 2.79. The van der Waals surface area contributed by atoms with Crippen LogP contribution in [-0.4, -0.2) is 18.5 Å². The number of hydrogen-bond donors (Lipinski definition) is 0. The van der Waals surface area contributed by atoms with Crippen LogP contribution in [0.5, 0.6) is 5.75 Å². The van der Waals surface area contributed by atoms with Crippen LogP contribution in [0.4, 0.5) is 5.69 Å². The van der Waals surface area contributed by atoms with E-state index < -0.39 is 0 Å². The Morgan fingerprint density at radius 2 is 1.75 bits per heavy atom. The van der Waals surface area contributed by atoms with Crippen LogP contribution in [0.25, 0.3) is 0 Å².